The number of benzene rings is 2. The Morgan fingerprint density at radius 3 is 2.47 bits per heavy atom. The predicted molar refractivity (Wildman–Crippen MR) is 77.0 cm³/mol. The highest BCUT2D eigenvalue weighted by Crippen LogP contribution is 2.24. The van der Waals surface area contributed by atoms with Crippen molar-refractivity contribution in [2.45, 2.75) is 17.2 Å². The molecule has 0 unspecified atom stereocenters. The minimum atomic E-state index is -0.371. The summed E-state index contributed by atoms with van der Waals surface area (Å²) in [4.78, 5) is 11.4. The zero-order chi connectivity index (χ0) is 13.7. The van der Waals surface area contributed by atoms with E-state index in [-0.39, 0.29) is 10.6 Å². The molecule has 2 aromatic rings. The van der Waals surface area contributed by atoms with Crippen molar-refractivity contribution in [3.05, 3.63) is 69.8 Å². The fraction of sp³-hybridized carbons (Fsp3) is 0.143. The average molecular weight is 274 g/mol. The Morgan fingerprint density at radius 1 is 1.11 bits per heavy atom. The van der Waals surface area contributed by atoms with Crippen LogP contribution in [0.25, 0.3) is 0 Å². The van der Waals surface area contributed by atoms with Crippen LogP contribution in [-0.4, -0.2) is 4.92 Å². The van der Waals surface area contributed by atoms with Crippen LogP contribution in [0.2, 0.25) is 0 Å². The highest BCUT2D eigenvalue weighted by molar-refractivity contribution is 7.98. The molecule has 2 rings (SSSR count). The van der Waals surface area contributed by atoms with Gasteiger partial charge in [-0.15, -0.1) is 11.8 Å². The third kappa shape index (κ3) is 3.81. The number of nitro benzene ring substituents is 1. The van der Waals surface area contributed by atoms with Gasteiger partial charge in [-0.2, -0.15) is 0 Å². The third-order valence-electron chi connectivity index (χ3n) is 2.69. The van der Waals surface area contributed by atoms with Gasteiger partial charge in [-0.1, -0.05) is 24.3 Å². The van der Waals surface area contributed by atoms with E-state index < -0.39 is 0 Å². The number of rotatable bonds is 5. The largest absolute Gasteiger partial charge is 0.326 e. The van der Waals surface area contributed by atoms with Gasteiger partial charge in [0.1, 0.15) is 0 Å². The van der Waals surface area contributed by atoms with Crippen LogP contribution in [0.3, 0.4) is 0 Å². The molecule has 0 aliphatic heterocycles. The van der Waals surface area contributed by atoms with Gasteiger partial charge in [-0.3, -0.25) is 10.1 Å². The van der Waals surface area contributed by atoms with Crippen molar-refractivity contribution in [2.75, 3.05) is 0 Å². The number of non-ortho nitro benzene ring substituents is 1. The van der Waals surface area contributed by atoms with E-state index in [1.807, 2.05) is 30.3 Å². The number of nitrogens with zero attached hydrogens (tertiary/aromatic N) is 1. The van der Waals surface area contributed by atoms with Gasteiger partial charge >= 0.3 is 0 Å². The predicted octanol–water partition coefficient (Wildman–Crippen LogP) is 3.35. The molecule has 5 heteroatoms. The summed E-state index contributed by atoms with van der Waals surface area (Å²) in [6.07, 6.45) is 0. The van der Waals surface area contributed by atoms with Crippen molar-refractivity contribution in [2.24, 2.45) is 5.73 Å². The second-order valence-corrected chi connectivity index (χ2v) is 5.11. The van der Waals surface area contributed by atoms with E-state index in [0.717, 1.165) is 16.0 Å². The molecule has 0 heterocycles. The van der Waals surface area contributed by atoms with Gasteiger partial charge < -0.3 is 5.73 Å². The first-order valence-electron chi connectivity index (χ1n) is 5.84. The smallest absolute Gasteiger partial charge is 0.269 e. The summed E-state index contributed by atoms with van der Waals surface area (Å²) in [6, 6.07) is 14.8. The van der Waals surface area contributed by atoms with Gasteiger partial charge in [-0.05, 0) is 23.3 Å². The number of thioether (sulfide) groups is 1. The number of hydrogen-bond acceptors (Lipinski definition) is 4. The van der Waals surface area contributed by atoms with Crippen LogP contribution in [0.15, 0.2) is 53.4 Å². The van der Waals surface area contributed by atoms with Crippen molar-refractivity contribution in [3.63, 3.8) is 0 Å². The van der Waals surface area contributed by atoms with Crippen molar-refractivity contribution >= 4 is 17.4 Å². The molecule has 0 amide bonds. The zero-order valence-electron chi connectivity index (χ0n) is 10.3. The minimum Gasteiger partial charge on any atom is -0.326 e. The highest BCUT2D eigenvalue weighted by atomic mass is 32.2. The Kier molecular flexibility index (Phi) is 4.54. The second-order valence-electron chi connectivity index (χ2n) is 4.06. The maximum atomic E-state index is 10.7. The lowest BCUT2D eigenvalue weighted by atomic mass is 10.2. The minimum absolute atomic E-state index is 0.136. The Morgan fingerprint density at radius 2 is 1.84 bits per heavy atom. The molecule has 0 bridgehead atoms. The van der Waals surface area contributed by atoms with Crippen LogP contribution in [0.1, 0.15) is 11.1 Å². The van der Waals surface area contributed by atoms with Gasteiger partial charge in [-0.25, -0.2) is 0 Å². The van der Waals surface area contributed by atoms with Crippen molar-refractivity contribution in [1.82, 2.24) is 0 Å². The van der Waals surface area contributed by atoms with Crippen LogP contribution >= 0.6 is 11.8 Å². The van der Waals surface area contributed by atoms with E-state index in [1.54, 1.807) is 23.9 Å². The average Bonchev–Trinajstić information content (AvgIpc) is 2.46. The summed E-state index contributed by atoms with van der Waals surface area (Å²) < 4.78 is 0. The molecule has 0 aromatic heterocycles. The summed E-state index contributed by atoms with van der Waals surface area (Å²) in [6.45, 7) is 0.538. The van der Waals surface area contributed by atoms with Crippen LogP contribution in [0, 0.1) is 10.1 Å². The Labute approximate surface area is 115 Å². The van der Waals surface area contributed by atoms with E-state index >= 15 is 0 Å². The fourth-order valence-electron chi connectivity index (χ4n) is 1.65. The summed E-state index contributed by atoms with van der Waals surface area (Å²) in [7, 11) is 0. The first-order valence-corrected chi connectivity index (χ1v) is 6.83. The molecule has 0 fully saturated rings. The Balaban J connectivity index is 2.01. The van der Waals surface area contributed by atoms with E-state index in [1.165, 1.54) is 6.07 Å². The zero-order valence-corrected chi connectivity index (χ0v) is 11.1. The molecule has 19 heavy (non-hydrogen) atoms. The molecular formula is C14H14N2O2S. The van der Waals surface area contributed by atoms with Crippen molar-refractivity contribution < 1.29 is 4.92 Å². The van der Waals surface area contributed by atoms with Gasteiger partial charge in [0, 0.05) is 29.3 Å². The van der Waals surface area contributed by atoms with Gasteiger partial charge in [0.25, 0.3) is 5.69 Å². The Bertz CT molecular complexity index is 570. The summed E-state index contributed by atoms with van der Waals surface area (Å²) >= 11 is 1.65. The summed E-state index contributed by atoms with van der Waals surface area (Å²) in [5.74, 6) is 0.712. The first-order chi connectivity index (χ1) is 9.19. The summed E-state index contributed by atoms with van der Waals surface area (Å²) in [5, 5.41) is 10.7. The number of hydrogen-bond donors (Lipinski definition) is 1. The number of nitro groups is 1. The quantitative estimate of drug-likeness (QED) is 0.515. The molecule has 0 spiro atoms. The Hall–Kier alpha value is -1.85. The van der Waals surface area contributed by atoms with Crippen LogP contribution in [-0.2, 0) is 12.3 Å². The standard InChI is InChI=1S/C14H14N2O2S/c15-9-11-4-6-14(7-5-11)19-10-12-2-1-3-13(8-12)16(17)18/h1-8H,9-10,15H2. The van der Waals surface area contributed by atoms with E-state index in [4.69, 9.17) is 5.73 Å². The molecular weight excluding hydrogens is 260 g/mol. The molecule has 0 aliphatic carbocycles. The van der Waals surface area contributed by atoms with E-state index in [9.17, 15) is 10.1 Å². The monoisotopic (exact) mass is 274 g/mol. The van der Waals surface area contributed by atoms with Gasteiger partial charge in [0.15, 0.2) is 0 Å². The SMILES string of the molecule is NCc1ccc(SCc2cccc([N+](=O)[O-])c2)cc1. The highest BCUT2D eigenvalue weighted by Gasteiger charge is 2.05. The molecule has 2 aromatic carbocycles. The van der Waals surface area contributed by atoms with Crippen molar-refractivity contribution in [3.8, 4) is 0 Å². The molecule has 4 nitrogen and oxygen atoms in total. The number of nitrogens with two attached hydrogens (primary N) is 1. The lowest BCUT2D eigenvalue weighted by molar-refractivity contribution is -0.384. The molecule has 0 saturated carbocycles. The molecule has 0 aliphatic rings. The summed E-state index contributed by atoms with van der Waals surface area (Å²) in [5.41, 5.74) is 7.72. The maximum absolute atomic E-state index is 10.7. The fourth-order valence-corrected chi connectivity index (χ4v) is 2.49. The van der Waals surface area contributed by atoms with Crippen LogP contribution in [0.5, 0.6) is 0 Å². The van der Waals surface area contributed by atoms with Crippen LogP contribution in [0.4, 0.5) is 5.69 Å². The van der Waals surface area contributed by atoms with E-state index in [0.29, 0.717) is 12.3 Å². The lowest BCUT2D eigenvalue weighted by Gasteiger charge is -2.03. The molecule has 0 radical (unpaired) electrons. The first kappa shape index (κ1) is 13.6. The molecule has 0 atom stereocenters. The molecule has 2 N–H and O–H groups in total. The molecule has 0 saturated heterocycles. The third-order valence-corrected chi connectivity index (χ3v) is 3.77. The maximum Gasteiger partial charge on any atom is 0.269 e. The van der Waals surface area contributed by atoms with E-state index in [2.05, 4.69) is 0 Å². The second kappa shape index (κ2) is 6.36. The van der Waals surface area contributed by atoms with Gasteiger partial charge in [0.05, 0.1) is 4.92 Å². The lowest BCUT2D eigenvalue weighted by Crippen LogP contribution is -1.95. The topological polar surface area (TPSA) is 69.2 Å². The van der Waals surface area contributed by atoms with Gasteiger partial charge in [0.2, 0.25) is 0 Å². The normalized spacial score (nSPS) is 10.4. The molecule has 98 valence electrons. The van der Waals surface area contributed by atoms with Crippen LogP contribution < -0.4 is 5.73 Å². The van der Waals surface area contributed by atoms with Crippen molar-refractivity contribution in [1.29, 1.82) is 0 Å².